The van der Waals surface area contributed by atoms with Crippen molar-refractivity contribution in [3.63, 3.8) is 0 Å². The van der Waals surface area contributed by atoms with Gasteiger partial charge in [0.25, 0.3) is 0 Å². The van der Waals surface area contributed by atoms with Crippen LogP contribution in [-0.4, -0.2) is 35.4 Å². The van der Waals surface area contributed by atoms with Crippen LogP contribution in [0, 0.1) is 5.92 Å². The van der Waals surface area contributed by atoms with Crippen molar-refractivity contribution in [3.05, 3.63) is 34.3 Å². The molecule has 102 valence electrons. The van der Waals surface area contributed by atoms with Crippen molar-refractivity contribution in [2.75, 3.05) is 24.6 Å². The number of hydrogen-bond acceptors (Lipinski definition) is 2. The fourth-order valence-electron chi connectivity index (χ4n) is 2.75. The Labute approximate surface area is 127 Å². The number of carbonyl (C=O) groups is 1. The van der Waals surface area contributed by atoms with E-state index in [1.165, 1.54) is 11.3 Å². The van der Waals surface area contributed by atoms with E-state index in [0.717, 1.165) is 36.2 Å². The summed E-state index contributed by atoms with van der Waals surface area (Å²) in [5, 5.41) is 0. The molecule has 0 N–H and O–H groups in total. The number of nitrogens with zero attached hydrogens (tertiary/aromatic N) is 1. The number of halogens is 1. The van der Waals surface area contributed by atoms with Crippen LogP contribution >= 0.6 is 27.7 Å². The van der Waals surface area contributed by atoms with Gasteiger partial charge in [0, 0.05) is 29.2 Å². The second-order valence-electron chi connectivity index (χ2n) is 5.29. The van der Waals surface area contributed by atoms with Gasteiger partial charge in [-0.15, -0.1) is 0 Å². The molecule has 2 nitrogen and oxygen atoms in total. The Kier molecular flexibility index (Phi) is 4.18. The lowest BCUT2D eigenvalue weighted by atomic mass is 10.1. The number of amides is 1. The average molecular weight is 340 g/mol. The van der Waals surface area contributed by atoms with E-state index in [2.05, 4.69) is 45.1 Å². The topological polar surface area (TPSA) is 20.3 Å². The molecule has 19 heavy (non-hydrogen) atoms. The number of hydrogen-bond donors (Lipinski definition) is 0. The second-order valence-corrected chi connectivity index (χ2v) is 7.43. The van der Waals surface area contributed by atoms with Crippen molar-refractivity contribution in [1.82, 2.24) is 4.90 Å². The largest absolute Gasteiger partial charge is 0.342 e. The monoisotopic (exact) mass is 339 g/mol. The van der Waals surface area contributed by atoms with Gasteiger partial charge in [-0.3, -0.25) is 4.79 Å². The minimum atomic E-state index is 0.240. The molecule has 0 radical (unpaired) electrons. The maximum absolute atomic E-state index is 12.5. The highest BCUT2D eigenvalue weighted by molar-refractivity contribution is 9.10. The smallest absolute Gasteiger partial charge is 0.226 e. The number of rotatable bonds is 2. The zero-order chi connectivity index (χ0) is 13.2. The second kappa shape index (κ2) is 5.88. The molecule has 1 aromatic rings. The highest BCUT2D eigenvalue weighted by Gasteiger charge is 2.45. The Morgan fingerprint density at radius 3 is 2.79 bits per heavy atom. The molecule has 2 aliphatic rings. The molecule has 2 fully saturated rings. The number of benzene rings is 1. The molecule has 2 atom stereocenters. The summed E-state index contributed by atoms with van der Waals surface area (Å²) in [4.78, 5) is 14.6. The first-order valence-electron chi connectivity index (χ1n) is 6.88. The van der Waals surface area contributed by atoms with Crippen molar-refractivity contribution < 1.29 is 4.79 Å². The van der Waals surface area contributed by atoms with E-state index < -0.39 is 0 Å². The minimum Gasteiger partial charge on any atom is -0.342 e. The van der Waals surface area contributed by atoms with E-state index >= 15 is 0 Å². The standard InChI is InChI=1S/C15H18BrNOS/c16-12-4-2-11(3-5-12)13-10-14(13)15(18)17-6-1-8-19-9-7-17/h2-5,13-14H,1,6-10H2/t13-,14-/m0/s1. The third-order valence-corrected chi connectivity index (χ3v) is 5.52. The lowest BCUT2D eigenvalue weighted by molar-refractivity contribution is -0.132. The van der Waals surface area contributed by atoms with Crippen molar-refractivity contribution in [2.45, 2.75) is 18.8 Å². The first-order valence-corrected chi connectivity index (χ1v) is 8.82. The zero-order valence-electron chi connectivity index (χ0n) is 10.8. The number of thioether (sulfide) groups is 1. The van der Waals surface area contributed by atoms with Crippen molar-refractivity contribution in [2.24, 2.45) is 5.92 Å². The van der Waals surface area contributed by atoms with Gasteiger partial charge in [0.15, 0.2) is 0 Å². The third-order valence-electron chi connectivity index (χ3n) is 3.94. The Balaban J connectivity index is 1.62. The maximum Gasteiger partial charge on any atom is 0.226 e. The Bertz CT molecular complexity index is 454. The Hall–Kier alpha value is -0.480. The fraction of sp³-hybridized carbons (Fsp3) is 0.533. The van der Waals surface area contributed by atoms with Crippen LogP contribution in [0.5, 0.6) is 0 Å². The minimum absolute atomic E-state index is 0.240. The molecule has 0 aromatic heterocycles. The average Bonchev–Trinajstić information content (AvgIpc) is 3.23. The molecule has 4 heteroatoms. The summed E-state index contributed by atoms with van der Waals surface area (Å²) in [5.74, 6) is 3.38. The third kappa shape index (κ3) is 3.16. The van der Waals surface area contributed by atoms with Gasteiger partial charge in [0.2, 0.25) is 5.91 Å². The van der Waals surface area contributed by atoms with E-state index in [1.807, 2.05) is 11.8 Å². The lowest BCUT2D eigenvalue weighted by Crippen LogP contribution is -2.34. The Morgan fingerprint density at radius 1 is 1.21 bits per heavy atom. The Morgan fingerprint density at radius 2 is 2.00 bits per heavy atom. The summed E-state index contributed by atoms with van der Waals surface area (Å²) in [6.07, 6.45) is 2.18. The highest BCUT2D eigenvalue weighted by atomic mass is 79.9. The molecule has 0 unspecified atom stereocenters. The molecule has 1 aromatic carbocycles. The normalized spacial score (nSPS) is 26.9. The summed E-state index contributed by atoms with van der Waals surface area (Å²) in [5.41, 5.74) is 1.31. The molecular weight excluding hydrogens is 322 g/mol. The molecule has 1 heterocycles. The van der Waals surface area contributed by atoms with Gasteiger partial charge in [0.1, 0.15) is 0 Å². The van der Waals surface area contributed by atoms with Crippen LogP contribution in [0.4, 0.5) is 0 Å². The first kappa shape index (κ1) is 13.5. The van der Waals surface area contributed by atoms with Crippen LogP contribution in [0.3, 0.4) is 0 Å². The molecule has 1 aliphatic heterocycles. The SMILES string of the molecule is O=C([C@H]1C[C@H]1c1ccc(Br)cc1)N1CCCSCC1. The van der Waals surface area contributed by atoms with Gasteiger partial charge in [-0.25, -0.2) is 0 Å². The molecule has 1 saturated carbocycles. The lowest BCUT2D eigenvalue weighted by Gasteiger charge is -2.20. The van der Waals surface area contributed by atoms with Crippen LogP contribution in [0.2, 0.25) is 0 Å². The summed E-state index contributed by atoms with van der Waals surface area (Å²) in [6, 6.07) is 8.41. The first-order chi connectivity index (χ1) is 9.25. The van der Waals surface area contributed by atoms with Crippen LogP contribution < -0.4 is 0 Å². The van der Waals surface area contributed by atoms with E-state index in [9.17, 15) is 4.79 Å². The fourth-order valence-corrected chi connectivity index (χ4v) is 3.90. The molecule has 1 aliphatic carbocycles. The summed E-state index contributed by atoms with van der Waals surface area (Å²) in [7, 11) is 0. The predicted octanol–water partition coefficient (Wildman–Crippen LogP) is 3.52. The van der Waals surface area contributed by atoms with Crippen LogP contribution in [0.25, 0.3) is 0 Å². The van der Waals surface area contributed by atoms with Gasteiger partial charge < -0.3 is 4.90 Å². The van der Waals surface area contributed by atoms with Gasteiger partial charge in [0.05, 0.1) is 0 Å². The van der Waals surface area contributed by atoms with Crippen LogP contribution in [0.15, 0.2) is 28.7 Å². The highest BCUT2D eigenvalue weighted by Crippen LogP contribution is 2.48. The van der Waals surface area contributed by atoms with Crippen LogP contribution in [-0.2, 0) is 4.79 Å². The van der Waals surface area contributed by atoms with Crippen molar-refractivity contribution >= 4 is 33.6 Å². The number of carbonyl (C=O) groups excluding carboxylic acids is 1. The molecule has 0 spiro atoms. The summed E-state index contributed by atoms with van der Waals surface area (Å²) < 4.78 is 1.10. The quantitative estimate of drug-likeness (QED) is 0.821. The van der Waals surface area contributed by atoms with Gasteiger partial charge in [-0.05, 0) is 42.2 Å². The van der Waals surface area contributed by atoms with Crippen molar-refractivity contribution in [1.29, 1.82) is 0 Å². The molecular formula is C15H18BrNOS. The van der Waals surface area contributed by atoms with Gasteiger partial charge in [-0.2, -0.15) is 11.8 Å². The van der Waals surface area contributed by atoms with E-state index in [0.29, 0.717) is 11.8 Å². The van der Waals surface area contributed by atoms with Crippen LogP contribution in [0.1, 0.15) is 24.3 Å². The summed E-state index contributed by atoms with van der Waals surface area (Å²) in [6.45, 7) is 1.89. The molecule has 3 rings (SSSR count). The van der Waals surface area contributed by atoms with Gasteiger partial charge in [-0.1, -0.05) is 28.1 Å². The van der Waals surface area contributed by atoms with Gasteiger partial charge >= 0.3 is 0 Å². The van der Waals surface area contributed by atoms with E-state index in [-0.39, 0.29) is 5.92 Å². The molecule has 0 bridgehead atoms. The zero-order valence-corrected chi connectivity index (χ0v) is 13.3. The van der Waals surface area contributed by atoms with E-state index in [1.54, 1.807) is 0 Å². The maximum atomic E-state index is 12.5. The molecule has 1 saturated heterocycles. The summed E-state index contributed by atoms with van der Waals surface area (Å²) >= 11 is 5.42. The van der Waals surface area contributed by atoms with Crippen molar-refractivity contribution in [3.8, 4) is 0 Å². The molecule has 1 amide bonds. The predicted molar refractivity (Wildman–Crippen MR) is 83.5 cm³/mol. The van der Waals surface area contributed by atoms with E-state index in [4.69, 9.17) is 0 Å².